The molecule has 1 aliphatic heterocycles. The fourth-order valence-corrected chi connectivity index (χ4v) is 3.05. The monoisotopic (exact) mass is 302 g/mol. The van der Waals surface area contributed by atoms with Crippen LogP contribution in [0.3, 0.4) is 0 Å². The molecule has 2 aliphatic rings. The largest absolute Gasteiger partial charge is 0.461 e. The third kappa shape index (κ3) is 3.57. The zero-order chi connectivity index (χ0) is 15.3. The molecular formula is C18H22O4. The van der Waals surface area contributed by atoms with Crippen LogP contribution in [0.15, 0.2) is 42.0 Å². The van der Waals surface area contributed by atoms with E-state index < -0.39 is 5.79 Å². The lowest BCUT2D eigenvalue weighted by Crippen LogP contribution is -2.35. The maximum atomic E-state index is 11.9. The summed E-state index contributed by atoms with van der Waals surface area (Å²) in [5, 5.41) is 0. The van der Waals surface area contributed by atoms with Crippen molar-refractivity contribution in [3.8, 4) is 0 Å². The summed E-state index contributed by atoms with van der Waals surface area (Å²) in [5.41, 5.74) is 2.11. The van der Waals surface area contributed by atoms with Crippen LogP contribution in [0.2, 0.25) is 0 Å². The molecule has 1 aromatic carbocycles. The zero-order valence-corrected chi connectivity index (χ0v) is 12.8. The highest BCUT2D eigenvalue weighted by atomic mass is 16.7. The number of carbonyl (C=O) groups is 1. The highest BCUT2D eigenvalue weighted by Crippen LogP contribution is 2.39. The van der Waals surface area contributed by atoms with E-state index in [4.69, 9.17) is 14.2 Å². The topological polar surface area (TPSA) is 44.8 Å². The number of hydrogen-bond donors (Lipinski definition) is 0. The second-order valence-electron chi connectivity index (χ2n) is 5.72. The SMILES string of the molecule is O=C(CCC1=CCCCC12OCCO2)OCc1ccccc1. The van der Waals surface area contributed by atoms with Gasteiger partial charge >= 0.3 is 5.97 Å². The second kappa shape index (κ2) is 7.07. The number of carbonyl (C=O) groups excluding carboxylic acids is 1. The molecule has 4 heteroatoms. The number of hydrogen-bond acceptors (Lipinski definition) is 4. The molecule has 1 aromatic rings. The lowest BCUT2D eigenvalue weighted by molar-refractivity contribution is -0.147. The van der Waals surface area contributed by atoms with Crippen molar-refractivity contribution in [3.05, 3.63) is 47.5 Å². The molecule has 0 bridgehead atoms. The van der Waals surface area contributed by atoms with Gasteiger partial charge in [0, 0.05) is 12.8 Å². The first-order valence-corrected chi connectivity index (χ1v) is 7.95. The van der Waals surface area contributed by atoms with Gasteiger partial charge in [0.05, 0.1) is 13.2 Å². The van der Waals surface area contributed by atoms with Crippen LogP contribution in [0.1, 0.15) is 37.7 Å². The van der Waals surface area contributed by atoms with Crippen molar-refractivity contribution >= 4 is 5.97 Å². The summed E-state index contributed by atoms with van der Waals surface area (Å²) in [5.74, 6) is -0.735. The van der Waals surface area contributed by atoms with Gasteiger partial charge in [-0.25, -0.2) is 0 Å². The average Bonchev–Trinajstić information content (AvgIpc) is 3.02. The highest BCUT2D eigenvalue weighted by molar-refractivity contribution is 5.69. The van der Waals surface area contributed by atoms with Crippen molar-refractivity contribution in [2.75, 3.05) is 13.2 Å². The lowest BCUT2D eigenvalue weighted by Gasteiger charge is -2.33. The maximum Gasteiger partial charge on any atom is 0.306 e. The molecule has 4 nitrogen and oxygen atoms in total. The van der Waals surface area contributed by atoms with Crippen LogP contribution in [0.25, 0.3) is 0 Å². The Kier molecular flexibility index (Phi) is 4.90. The van der Waals surface area contributed by atoms with E-state index in [1.165, 1.54) is 0 Å². The summed E-state index contributed by atoms with van der Waals surface area (Å²) in [6.07, 6.45) is 6.17. The van der Waals surface area contributed by atoms with Gasteiger partial charge in [-0.3, -0.25) is 4.79 Å². The summed E-state index contributed by atoms with van der Waals surface area (Å²) in [6, 6.07) is 9.73. The maximum absolute atomic E-state index is 11.9. The molecule has 0 radical (unpaired) electrons. The summed E-state index contributed by atoms with van der Waals surface area (Å²) in [7, 11) is 0. The fraction of sp³-hybridized carbons (Fsp3) is 0.500. The predicted octanol–water partition coefficient (Wildman–Crippen LogP) is 3.36. The first-order valence-electron chi connectivity index (χ1n) is 7.95. The van der Waals surface area contributed by atoms with E-state index in [1.54, 1.807) is 0 Å². The minimum Gasteiger partial charge on any atom is -0.461 e. The molecule has 0 atom stereocenters. The van der Waals surface area contributed by atoms with Crippen molar-refractivity contribution in [2.24, 2.45) is 0 Å². The smallest absolute Gasteiger partial charge is 0.306 e. The van der Waals surface area contributed by atoms with E-state index in [0.717, 1.165) is 30.4 Å². The molecule has 22 heavy (non-hydrogen) atoms. The molecule has 0 aromatic heterocycles. The van der Waals surface area contributed by atoms with Gasteiger partial charge in [-0.1, -0.05) is 36.4 Å². The number of esters is 1. The van der Waals surface area contributed by atoms with E-state index >= 15 is 0 Å². The quantitative estimate of drug-likeness (QED) is 0.618. The van der Waals surface area contributed by atoms with Crippen molar-refractivity contribution in [1.29, 1.82) is 0 Å². The van der Waals surface area contributed by atoms with Crippen LogP contribution < -0.4 is 0 Å². The molecule has 1 saturated heterocycles. The molecule has 1 aliphatic carbocycles. The Balaban J connectivity index is 1.49. The van der Waals surface area contributed by atoms with Crippen LogP contribution in [-0.4, -0.2) is 25.0 Å². The lowest BCUT2D eigenvalue weighted by atomic mass is 9.89. The van der Waals surface area contributed by atoms with E-state index in [0.29, 0.717) is 32.7 Å². The summed E-state index contributed by atoms with van der Waals surface area (Å²) in [6.45, 7) is 1.60. The molecule has 0 amide bonds. The molecule has 0 unspecified atom stereocenters. The van der Waals surface area contributed by atoms with Gasteiger partial charge in [-0.2, -0.15) is 0 Å². The summed E-state index contributed by atoms with van der Waals surface area (Å²) in [4.78, 5) is 11.9. The van der Waals surface area contributed by atoms with Crippen LogP contribution in [0.4, 0.5) is 0 Å². The van der Waals surface area contributed by atoms with Gasteiger partial charge in [0.2, 0.25) is 0 Å². The Morgan fingerprint density at radius 3 is 2.73 bits per heavy atom. The number of allylic oxidation sites excluding steroid dienone is 1. The molecular weight excluding hydrogens is 280 g/mol. The van der Waals surface area contributed by atoms with E-state index in [1.807, 2.05) is 30.3 Å². The van der Waals surface area contributed by atoms with Crippen molar-refractivity contribution < 1.29 is 19.0 Å². The standard InChI is InChI=1S/C18H22O4/c19-17(20-14-15-6-2-1-3-7-15)10-9-16-8-4-5-11-18(16)21-12-13-22-18/h1-3,6-8H,4-5,9-14H2. The van der Waals surface area contributed by atoms with Gasteiger partial charge in [-0.15, -0.1) is 0 Å². The highest BCUT2D eigenvalue weighted by Gasteiger charge is 2.41. The van der Waals surface area contributed by atoms with Crippen LogP contribution in [0, 0.1) is 0 Å². The van der Waals surface area contributed by atoms with Crippen LogP contribution >= 0.6 is 0 Å². The van der Waals surface area contributed by atoms with Gasteiger partial charge in [-0.05, 0) is 30.4 Å². The molecule has 1 fully saturated rings. The molecule has 3 rings (SSSR count). The Hall–Kier alpha value is -1.65. The van der Waals surface area contributed by atoms with Gasteiger partial charge in [0.1, 0.15) is 6.61 Å². The minimum absolute atomic E-state index is 0.177. The van der Waals surface area contributed by atoms with Gasteiger partial charge in [0.25, 0.3) is 0 Å². The average molecular weight is 302 g/mol. The predicted molar refractivity (Wildman–Crippen MR) is 82.0 cm³/mol. The molecule has 118 valence electrons. The van der Waals surface area contributed by atoms with E-state index in [-0.39, 0.29) is 5.97 Å². The third-order valence-corrected chi connectivity index (χ3v) is 4.18. The first kappa shape index (κ1) is 15.3. The van der Waals surface area contributed by atoms with Crippen molar-refractivity contribution in [3.63, 3.8) is 0 Å². The Morgan fingerprint density at radius 2 is 1.95 bits per heavy atom. The van der Waals surface area contributed by atoms with Crippen molar-refractivity contribution in [2.45, 2.75) is 44.5 Å². The molecule has 0 N–H and O–H groups in total. The van der Waals surface area contributed by atoms with Gasteiger partial charge in [0.15, 0.2) is 5.79 Å². The Labute approximate surface area is 131 Å². The molecule has 0 saturated carbocycles. The van der Waals surface area contributed by atoms with Crippen molar-refractivity contribution in [1.82, 2.24) is 0 Å². The van der Waals surface area contributed by atoms with E-state index in [2.05, 4.69) is 6.08 Å². The number of rotatable bonds is 5. The molecule has 1 heterocycles. The second-order valence-corrected chi connectivity index (χ2v) is 5.72. The first-order chi connectivity index (χ1) is 10.8. The van der Waals surface area contributed by atoms with Gasteiger partial charge < -0.3 is 14.2 Å². The third-order valence-electron chi connectivity index (χ3n) is 4.18. The van der Waals surface area contributed by atoms with Crippen LogP contribution in [-0.2, 0) is 25.6 Å². The minimum atomic E-state index is -0.558. The van der Waals surface area contributed by atoms with E-state index in [9.17, 15) is 4.79 Å². The zero-order valence-electron chi connectivity index (χ0n) is 12.8. The Morgan fingerprint density at radius 1 is 1.18 bits per heavy atom. The number of benzene rings is 1. The number of ether oxygens (including phenoxy) is 3. The summed E-state index contributed by atoms with van der Waals surface area (Å²) < 4.78 is 16.9. The summed E-state index contributed by atoms with van der Waals surface area (Å²) >= 11 is 0. The van der Waals surface area contributed by atoms with Crippen LogP contribution in [0.5, 0.6) is 0 Å². The Bertz CT molecular complexity index is 529. The normalized spacial score (nSPS) is 19.9. The molecule has 1 spiro atoms. The fourth-order valence-electron chi connectivity index (χ4n) is 3.05.